The van der Waals surface area contributed by atoms with Crippen molar-refractivity contribution in [1.82, 2.24) is 0 Å². The first kappa shape index (κ1) is 16.4. The average Bonchev–Trinajstić information content (AvgIpc) is 2.56. The van der Waals surface area contributed by atoms with Gasteiger partial charge in [-0.25, -0.2) is 0 Å². The van der Waals surface area contributed by atoms with E-state index >= 15 is 0 Å². The van der Waals surface area contributed by atoms with Gasteiger partial charge in [0, 0.05) is 41.2 Å². The predicted octanol–water partition coefficient (Wildman–Crippen LogP) is 5.12. The molecule has 0 bridgehead atoms. The van der Waals surface area contributed by atoms with Crippen molar-refractivity contribution in [1.29, 1.82) is 0 Å². The van der Waals surface area contributed by atoms with E-state index in [0.717, 1.165) is 29.8 Å². The van der Waals surface area contributed by atoms with Crippen LogP contribution in [0.3, 0.4) is 0 Å². The minimum absolute atomic E-state index is 0.485. The first-order chi connectivity index (χ1) is 11.1. The Bertz CT molecular complexity index is 667. The van der Waals surface area contributed by atoms with Gasteiger partial charge in [-0.2, -0.15) is 0 Å². The van der Waals surface area contributed by atoms with Gasteiger partial charge in [-0.1, -0.05) is 29.3 Å². The van der Waals surface area contributed by atoms with Gasteiger partial charge in [0.2, 0.25) is 0 Å². The number of hydrogen-bond donors (Lipinski definition) is 1. The summed E-state index contributed by atoms with van der Waals surface area (Å²) in [6.45, 7) is 1.29. The molecule has 0 saturated carbocycles. The summed E-state index contributed by atoms with van der Waals surface area (Å²) in [4.78, 5) is 0. The molecular weight excluding hydrogens is 333 g/mol. The van der Waals surface area contributed by atoms with Crippen molar-refractivity contribution in [2.45, 2.75) is 18.4 Å². The molecule has 1 heterocycles. The molecule has 0 radical (unpaired) electrons. The summed E-state index contributed by atoms with van der Waals surface area (Å²) in [5.74, 6) is 0.817. The quantitative estimate of drug-likeness (QED) is 0.828. The lowest BCUT2D eigenvalue weighted by atomic mass is 9.86. The van der Waals surface area contributed by atoms with E-state index in [9.17, 15) is 0 Å². The fraction of sp³-hybridized carbons (Fsp3) is 0.333. The molecule has 0 unspecified atom stereocenters. The molecule has 122 valence electrons. The molecule has 1 N–H and O–H groups in total. The largest absolute Gasteiger partial charge is 0.482 e. The Hall–Kier alpha value is -1.42. The maximum Gasteiger partial charge on any atom is 0.140 e. The predicted molar refractivity (Wildman–Crippen MR) is 94.8 cm³/mol. The van der Waals surface area contributed by atoms with Crippen LogP contribution in [0.15, 0.2) is 42.5 Å². The van der Waals surface area contributed by atoms with Crippen molar-refractivity contribution in [3.05, 3.63) is 58.1 Å². The molecule has 0 aliphatic carbocycles. The van der Waals surface area contributed by atoms with Crippen molar-refractivity contribution in [2.24, 2.45) is 0 Å². The van der Waals surface area contributed by atoms with Crippen LogP contribution in [-0.2, 0) is 10.3 Å². The molecule has 0 spiro atoms. The van der Waals surface area contributed by atoms with Gasteiger partial charge in [-0.05, 0) is 36.4 Å². The summed E-state index contributed by atoms with van der Waals surface area (Å²) in [5.41, 5.74) is 1.52. The molecule has 0 atom stereocenters. The average molecular weight is 352 g/mol. The molecule has 1 aliphatic rings. The van der Waals surface area contributed by atoms with Crippen LogP contribution in [0.4, 0.5) is 5.69 Å². The minimum Gasteiger partial charge on any atom is -0.482 e. The standard InChI is InChI=1S/C18H19Cl2NO2/c1-21-14-3-5-15(6-4-14)23-18(8-10-22-11-9-18)16-7-2-13(19)12-17(16)20/h2-7,12,21H,8-11H2,1H3. The van der Waals surface area contributed by atoms with Crippen LogP contribution in [0.5, 0.6) is 5.75 Å². The molecular formula is C18H19Cl2NO2. The molecule has 5 heteroatoms. The van der Waals surface area contributed by atoms with Gasteiger partial charge in [0.25, 0.3) is 0 Å². The van der Waals surface area contributed by atoms with E-state index in [4.69, 9.17) is 32.7 Å². The highest BCUT2D eigenvalue weighted by Gasteiger charge is 2.38. The monoisotopic (exact) mass is 351 g/mol. The van der Waals surface area contributed by atoms with E-state index < -0.39 is 5.60 Å². The fourth-order valence-electron chi connectivity index (χ4n) is 2.90. The molecule has 0 aromatic heterocycles. The number of hydrogen-bond acceptors (Lipinski definition) is 3. The summed E-state index contributed by atoms with van der Waals surface area (Å²) < 4.78 is 11.9. The van der Waals surface area contributed by atoms with Crippen LogP contribution in [-0.4, -0.2) is 20.3 Å². The molecule has 1 saturated heterocycles. The molecule has 1 aliphatic heterocycles. The highest BCUT2D eigenvalue weighted by molar-refractivity contribution is 6.35. The second-order valence-electron chi connectivity index (χ2n) is 5.61. The number of benzene rings is 2. The van der Waals surface area contributed by atoms with Crippen LogP contribution in [0.2, 0.25) is 10.0 Å². The normalized spacial score (nSPS) is 16.8. The number of rotatable bonds is 4. The first-order valence-electron chi connectivity index (χ1n) is 7.63. The third kappa shape index (κ3) is 3.57. The maximum atomic E-state index is 6.45. The lowest BCUT2D eigenvalue weighted by Crippen LogP contribution is -2.39. The van der Waals surface area contributed by atoms with Crippen molar-refractivity contribution < 1.29 is 9.47 Å². The van der Waals surface area contributed by atoms with E-state index in [1.54, 1.807) is 6.07 Å². The highest BCUT2D eigenvalue weighted by atomic mass is 35.5. The lowest BCUT2D eigenvalue weighted by Gasteiger charge is -2.38. The Balaban J connectivity index is 1.95. The lowest BCUT2D eigenvalue weighted by molar-refractivity contribution is -0.0500. The van der Waals surface area contributed by atoms with Crippen LogP contribution in [0.1, 0.15) is 18.4 Å². The number of nitrogens with one attached hydrogen (secondary N) is 1. The van der Waals surface area contributed by atoms with Gasteiger partial charge < -0.3 is 14.8 Å². The molecule has 2 aromatic carbocycles. The smallest absolute Gasteiger partial charge is 0.140 e. The number of halogens is 2. The second kappa shape index (κ2) is 7.00. The zero-order chi connectivity index (χ0) is 16.3. The van der Waals surface area contributed by atoms with Gasteiger partial charge in [0.15, 0.2) is 0 Å². The van der Waals surface area contributed by atoms with Crippen LogP contribution >= 0.6 is 23.2 Å². The van der Waals surface area contributed by atoms with Crippen molar-refractivity contribution in [3.63, 3.8) is 0 Å². The van der Waals surface area contributed by atoms with Gasteiger partial charge >= 0.3 is 0 Å². The summed E-state index contributed by atoms with van der Waals surface area (Å²) in [6, 6.07) is 13.5. The second-order valence-corrected chi connectivity index (χ2v) is 6.45. The summed E-state index contributed by atoms with van der Waals surface area (Å²) in [6.07, 6.45) is 1.50. The Morgan fingerprint density at radius 2 is 1.74 bits per heavy atom. The van der Waals surface area contributed by atoms with Gasteiger partial charge in [0.1, 0.15) is 11.4 Å². The fourth-order valence-corrected chi connectivity index (χ4v) is 3.48. The van der Waals surface area contributed by atoms with E-state index in [1.807, 2.05) is 43.4 Å². The zero-order valence-electron chi connectivity index (χ0n) is 12.9. The van der Waals surface area contributed by atoms with Crippen molar-refractivity contribution in [2.75, 3.05) is 25.6 Å². The van der Waals surface area contributed by atoms with Gasteiger partial charge in [-0.15, -0.1) is 0 Å². The van der Waals surface area contributed by atoms with E-state index in [-0.39, 0.29) is 0 Å². The van der Waals surface area contributed by atoms with Crippen molar-refractivity contribution >= 4 is 28.9 Å². The zero-order valence-corrected chi connectivity index (χ0v) is 14.5. The molecule has 3 nitrogen and oxygen atoms in total. The van der Waals surface area contributed by atoms with E-state index in [0.29, 0.717) is 23.3 Å². The third-order valence-corrected chi connectivity index (χ3v) is 4.73. The molecule has 23 heavy (non-hydrogen) atoms. The van der Waals surface area contributed by atoms with E-state index in [2.05, 4.69) is 5.32 Å². The van der Waals surface area contributed by atoms with Gasteiger partial charge in [0.05, 0.1) is 13.2 Å². The van der Waals surface area contributed by atoms with Crippen LogP contribution in [0, 0.1) is 0 Å². The van der Waals surface area contributed by atoms with Crippen LogP contribution in [0.25, 0.3) is 0 Å². The van der Waals surface area contributed by atoms with Crippen molar-refractivity contribution in [3.8, 4) is 5.75 Å². The number of ether oxygens (including phenoxy) is 2. The summed E-state index contributed by atoms with van der Waals surface area (Å²) >= 11 is 12.5. The topological polar surface area (TPSA) is 30.5 Å². The maximum absolute atomic E-state index is 6.45. The summed E-state index contributed by atoms with van der Waals surface area (Å²) in [5, 5.41) is 4.36. The van der Waals surface area contributed by atoms with Gasteiger partial charge in [-0.3, -0.25) is 0 Å². The Kier molecular flexibility index (Phi) is 5.00. The first-order valence-corrected chi connectivity index (χ1v) is 8.39. The Labute approximate surface area is 146 Å². The molecule has 1 fully saturated rings. The summed E-state index contributed by atoms with van der Waals surface area (Å²) in [7, 11) is 1.89. The van der Waals surface area contributed by atoms with E-state index in [1.165, 1.54) is 0 Å². The Morgan fingerprint density at radius 3 is 2.35 bits per heavy atom. The molecule has 3 rings (SSSR count). The van der Waals surface area contributed by atoms with Crippen LogP contribution < -0.4 is 10.1 Å². The highest BCUT2D eigenvalue weighted by Crippen LogP contribution is 2.41. The molecule has 0 amide bonds. The Morgan fingerprint density at radius 1 is 1.04 bits per heavy atom. The number of anilines is 1. The third-order valence-electron chi connectivity index (χ3n) is 4.18. The SMILES string of the molecule is CNc1ccc(OC2(c3ccc(Cl)cc3Cl)CCOCC2)cc1. The molecule has 2 aromatic rings. The minimum atomic E-state index is -0.485.